The molecule has 2 bridgehead atoms. The normalized spacial score (nSPS) is 28.9. The van der Waals surface area contributed by atoms with Crippen molar-refractivity contribution in [3.8, 4) is 0 Å². The van der Waals surface area contributed by atoms with E-state index in [1.54, 1.807) is 13.1 Å². The predicted octanol–water partition coefficient (Wildman–Crippen LogP) is 2.95. The first kappa shape index (κ1) is 20.4. The molecule has 1 aromatic heterocycles. The summed E-state index contributed by atoms with van der Waals surface area (Å²) in [5, 5.41) is 11.4. The maximum Gasteiger partial charge on any atom is 0.248 e. The molecule has 3 unspecified atom stereocenters. The minimum Gasteiger partial charge on any atom is -0.352 e. The number of amidine groups is 1. The molecule has 4 fully saturated rings. The van der Waals surface area contributed by atoms with Gasteiger partial charge in [0.05, 0.1) is 23.6 Å². The Labute approximate surface area is 170 Å². The number of fused-ring (bicyclic) bond motifs is 2. The molecule has 3 aliphatic heterocycles. The minimum atomic E-state index is -2.53. The number of hydrogen-bond donors (Lipinski definition) is 3. The summed E-state index contributed by atoms with van der Waals surface area (Å²) in [5.74, 6) is -1.26. The van der Waals surface area contributed by atoms with Crippen LogP contribution in [-0.2, 0) is 0 Å². The Hall–Kier alpha value is -1.87. The monoisotopic (exact) mass is 407 g/mol. The summed E-state index contributed by atoms with van der Waals surface area (Å²) in [6.45, 7) is 3.52. The van der Waals surface area contributed by atoms with Crippen LogP contribution >= 0.6 is 0 Å². The number of piperazine rings is 1. The van der Waals surface area contributed by atoms with Crippen molar-refractivity contribution in [1.82, 2.24) is 25.1 Å². The second-order valence-electron chi connectivity index (χ2n) is 8.80. The van der Waals surface area contributed by atoms with Crippen LogP contribution in [0, 0.1) is 11.3 Å². The molecule has 0 radical (unpaired) electrons. The molecule has 5 rings (SSSR count). The molecule has 160 valence electrons. The summed E-state index contributed by atoms with van der Waals surface area (Å²) >= 11 is 0. The fourth-order valence-electron chi connectivity index (χ4n) is 5.04. The third kappa shape index (κ3) is 4.07. The summed E-state index contributed by atoms with van der Waals surface area (Å²) in [6, 6.07) is 1.01. The van der Waals surface area contributed by atoms with Crippen LogP contribution in [0.5, 0.6) is 0 Å². The Kier molecular flexibility index (Phi) is 5.46. The summed E-state index contributed by atoms with van der Waals surface area (Å²) < 4.78 is 27.0. The van der Waals surface area contributed by atoms with Crippen molar-refractivity contribution in [3.63, 3.8) is 0 Å². The molecule has 9 heteroatoms. The molecule has 3 atom stereocenters. The number of hydrogen-bond acceptors (Lipinski definition) is 5. The third-order valence-corrected chi connectivity index (χ3v) is 6.87. The number of piperidine rings is 1. The van der Waals surface area contributed by atoms with Gasteiger partial charge in [-0.05, 0) is 46.2 Å². The molecule has 3 saturated heterocycles. The molecule has 0 spiro atoms. The van der Waals surface area contributed by atoms with Crippen LogP contribution in [0.4, 0.5) is 14.7 Å². The zero-order chi connectivity index (χ0) is 20.8. The molecule has 29 heavy (non-hydrogen) atoms. The number of rotatable bonds is 5. The van der Waals surface area contributed by atoms with Crippen LogP contribution in [0.1, 0.15) is 50.8 Å². The average Bonchev–Trinajstić information content (AvgIpc) is 3.15. The highest BCUT2D eigenvalue weighted by Crippen LogP contribution is 2.41. The van der Waals surface area contributed by atoms with Gasteiger partial charge in [0, 0.05) is 38.0 Å². The van der Waals surface area contributed by atoms with Gasteiger partial charge >= 0.3 is 0 Å². The summed E-state index contributed by atoms with van der Waals surface area (Å²) in [4.78, 5) is 16.9. The van der Waals surface area contributed by atoms with Crippen molar-refractivity contribution in [3.05, 3.63) is 11.9 Å². The van der Waals surface area contributed by atoms with Crippen LogP contribution in [0.25, 0.3) is 0 Å². The number of H-pyrrole nitrogens is 1. The van der Waals surface area contributed by atoms with Gasteiger partial charge in [-0.25, -0.2) is 13.8 Å². The number of imidazole rings is 1. The third-order valence-electron chi connectivity index (χ3n) is 6.87. The number of nitrogens with one attached hydrogen (secondary N) is 3. The van der Waals surface area contributed by atoms with Crippen LogP contribution in [0.3, 0.4) is 0 Å². The first-order valence-corrected chi connectivity index (χ1v) is 10.5. The van der Waals surface area contributed by atoms with E-state index in [9.17, 15) is 8.78 Å². The van der Waals surface area contributed by atoms with E-state index in [0.29, 0.717) is 42.4 Å². The summed E-state index contributed by atoms with van der Waals surface area (Å²) in [5.41, 5.74) is 1.29. The van der Waals surface area contributed by atoms with E-state index in [0.717, 1.165) is 18.8 Å². The molecule has 0 aromatic carbocycles. The molecule has 0 amide bonds. The number of halogens is 2. The second-order valence-corrected chi connectivity index (χ2v) is 8.80. The minimum absolute atomic E-state index is 0.0524. The largest absolute Gasteiger partial charge is 0.352 e. The zero-order valence-corrected chi connectivity index (χ0v) is 17.4. The van der Waals surface area contributed by atoms with E-state index in [4.69, 9.17) is 5.41 Å². The van der Waals surface area contributed by atoms with E-state index in [1.807, 2.05) is 7.05 Å². The Bertz CT molecular complexity index is 768. The lowest BCUT2D eigenvalue weighted by atomic mass is 9.81. The Balaban J connectivity index is 1.49. The van der Waals surface area contributed by atoms with E-state index in [2.05, 4.69) is 37.1 Å². The van der Waals surface area contributed by atoms with Crippen LogP contribution in [0.15, 0.2) is 11.2 Å². The van der Waals surface area contributed by atoms with Crippen LogP contribution < -0.4 is 5.32 Å². The smallest absolute Gasteiger partial charge is 0.248 e. The molecule has 7 nitrogen and oxygen atoms in total. The van der Waals surface area contributed by atoms with E-state index in [-0.39, 0.29) is 24.8 Å². The fourth-order valence-corrected chi connectivity index (χ4v) is 5.04. The highest BCUT2D eigenvalue weighted by molar-refractivity contribution is 6.39. The van der Waals surface area contributed by atoms with Gasteiger partial charge in [0.1, 0.15) is 0 Å². The molecule has 1 aliphatic carbocycles. The highest BCUT2D eigenvalue weighted by atomic mass is 19.3. The molecular weight excluding hydrogens is 376 g/mol. The topological polar surface area (TPSA) is 83.4 Å². The molecular formula is C20H31F2N7. The number of alkyl halides is 2. The quantitative estimate of drug-likeness (QED) is 0.518. The van der Waals surface area contributed by atoms with Crippen molar-refractivity contribution >= 4 is 17.5 Å². The summed E-state index contributed by atoms with van der Waals surface area (Å²) in [6.07, 6.45) is 3.82. The van der Waals surface area contributed by atoms with Gasteiger partial charge in [-0.15, -0.1) is 0 Å². The maximum atomic E-state index is 13.5. The van der Waals surface area contributed by atoms with Crippen LogP contribution in [-0.4, -0.2) is 76.5 Å². The lowest BCUT2D eigenvalue weighted by Crippen LogP contribution is -2.68. The lowest BCUT2D eigenvalue weighted by Gasteiger charge is -2.55. The molecule has 4 aliphatic rings. The van der Waals surface area contributed by atoms with E-state index < -0.39 is 5.92 Å². The number of aliphatic imine (C=N–C) groups is 1. The number of nitrogens with zero attached hydrogens (tertiary/aromatic N) is 4. The molecule has 3 N–H and O–H groups in total. The van der Waals surface area contributed by atoms with Crippen molar-refractivity contribution in [1.29, 1.82) is 5.41 Å². The Morgan fingerprint density at radius 3 is 2.55 bits per heavy atom. The summed E-state index contributed by atoms with van der Waals surface area (Å²) in [7, 11) is 4.01. The molecule has 4 heterocycles. The van der Waals surface area contributed by atoms with E-state index >= 15 is 0 Å². The van der Waals surface area contributed by atoms with Gasteiger partial charge in [0.15, 0.2) is 5.84 Å². The van der Waals surface area contributed by atoms with Crippen molar-refractivity contribution in [2.24, 2.45) is 10.9 Å². The first-order valence-electron chi connectivity index (χ1n) is 10.5. The van der Waals surface area contributed by atoms with E-state index in [1.165, 1.54) is 6.42 Å². The SMILES string of the molecule is CNC(c1cnc(/N=C(\C(C)=N)N2CC3CC(C2)N3C)[nH]1)C1CCC(F)(F)CC1. The van der Waals surface area contributed by atoms with Gasteiger partial charge in [-0.3, -0.25) is 4.90 Å². The first-order chi connectivity index (χ1) is 13.8. The van der Waals surface area contributed by atoms with Crippen molar-refractivity contribution in [2.45, 2.75) is 63.1 Å². The van der Waals surface area contributed by atoms with Gasteiger partial charge in [0.25, 0.3) is 0 Å². The van der Waals surface area contributed by atoms with Gasteiger partial charge in [-0.2, -0.15) is 4.99 Å². The van der Waals surface area contributed by atoms with Crippen molar-refractivity contribution in [2.75, 3.05) is 27.2 Å². The van der Waals surface area contributed by atoms with Crippen LogP contribution in [0.2, 0.25) is 0 Å². The number of aromatic amines is 1. The second kappa shape index (κ2) is 7.75. The number of aromatic nitrogens is 2. The zero-order valence-electron chi connectivity index (χ0n) is 17.4. The highest BCUT2D eigenvalue weighted by Gasteiger charge is 2.43. The van der Waals surface area contributed by atoms with Gasteiger partial charge in [-0.1, -0.05) is 0 Å². The standard InChI is InChI=1S/C20H31F2N7/c1-12(23)18(29-10-14-8-15(11-29)28(14)3)27-19-25-9-16(26-19)17(24-2)13-4-6-20(21,22)7-5-13/h9,13-15,17,23-24H,4-8,10-11H2,1-3H3,(H,25,26)/b23-12?,27-18+. The Morgan fingerprint density at radius 2 is 2.00 bits per heavy atom. The molecule has 1 aromatic rings. The number of likely N-dealkylation sites (N-methyl/N-ethyl adjacent to an activating group) is 1. The maximum absolute atomic E-state index is 13.5. The predicted molar refractivity (Wildman–Crippen MR) is 109 cm³/mol. The Morgan fingerprint density at radius 1 is 1.34 bits per heavy atom. The van der Waals surface area contributed by atoms with Gasteiger partial charge < -0.3 is 20.6 Å². The van der Waals surface area contributed by atoms with Gasteiger partial charge in [0.2, 0.25) is 11.9 Å². The van der Waals surface area contributed by atoms with Crippen molar-refractivity contribution < 1.29 is 8.78 Å². The lowest BCUT2D eigenvalue weighted by molar-refractivity contribution is -0.0496. The fraction of sp³-hybridized carbons (Fsp3) is 0.750. The average molecular weight is 408 g/mol. The molecule has 1 saturated carbocycles.